The van der Waals surface area contributed by atoms with Gasteiger partial charge in [0.25, 0.3) is 0 Å². The molecule has 2 aromatic carbocycles. The van der Waals surface area contributed by atoms with Crippen molar-refractivity contribution < 1.29 is 35.1 Å². The zero-order valence-corrected chi connectivity index (χ0v) is 20.3. The van der Waals surface area contributed by atoms with E-state index in [1.54, 1.807) is 12.1 Å². The molecule has 0 amide bonds. The van der Waals surface area contributed by atoms with Crippen molar-refractivity contribution in [2.24, 2.45) is 0 Å². The van der Waals surface area contributed by atoms with Gasteiger partial charge in [-0.1, -0.05) is 48.0 Å². The lowest BCUT2D eigenvalue weighted by molar-refractivity contribution is -0.165. The number of aromatic hydroxyl groups is 1. The Hall–Kier alpha value is -2.91. The number of carboxylic acid groups (broad SMARTS) is 2. The first-order valence-corrected chi connectivity index (χ1v) is 11.1. The molecule has 0 saturated carbocycles. The van der Waals surface area contributed by atoms with E-state index in [0.717, 1.165) is 23.2 Å². The molecule has 0 aliphatic carbocycles. The summed E-state index contributed by atoms with van der Waals surface area (Å²) < 4.78 is 0. The average Bonchev–Trinajstić information content (AvgIpc) is 2.78. The van der Waals surface area contributed by atoms with E-state index in [1.165, 1.54) is 0 Å². The van der Waals surface area contributed by atoms with Crippen molar-refractivity contribution in [3.05, 3.63) is 70.8 Å². The molecule has 0 aromatic heterocycles. The maximum Gasteiger partial charge on any atom is 0.335 e. The number of aliphatic hydroxyl groups excluding tert-OH is 2. The molecule has 2 rings (SSSR count). The van der Waals surface area contributed by atoms with Crippen molar-refractivity contribution in [3.63, 3.8) is 0 Å². The van der Waals surface area contributed by atoms with Gasteiger partial charge in [-0.15, -0.1) is 0 Å². The molecule has 0 aliphatic heterocycles. The van der Waals surface area contributed by atoms with Crippen LogP contribution < -0.4 is 0 Å². The molecule has 9 heteroatoms. The Morgan fingerprint density at radius 1 is 0.912 bits per heavy atom. The maximum absolute atomic E-state index is 10.3. The van der Waals surface area contributed by atoms with Crippen molar-refractivity contribution in [2.75, 3.05) is 6.54 Å². The highest BCUT2D eigenvalue weighted by Crippen LogP contribution is 2.32. The minimum absolute atomic E-state index is 0.246. The summed E-state index contributed by atoms with van der Waals surface area (Å²) in [5.74, 6) is -3.29. The monoisotopic (exact) mass is 493 g/mol. The number of benzene rings is 2. The SMILES string of the molecule is CC(C)N(CC=C(c1ccccc1)c1cc(Cl)ccc1O)C(C)C.O=C(O)C(O)C(O)C(=O)O. The van der Waals surface area contributed by atoms with Gasteiger partial charge in [-0.3, -0.25) is 4.90 Å². The number of phenolic OH excluding ortho intramolecular Hbond substituents is 1. The highest BCUT2D eigenvalue weighted by molar-refractivity contribution is 6.30. The smallest absolute Gasteiger partial charge is 0.335 e. The lowest BCUT2D eigenvalue weighted by atomic mass is 9.96. The molecule has 0 saturated heterocycles. The van der Waals surface area contributed by atoms with Crippen LogP contribution in [0.2, 0.25) is 5.02 Å². The predicted molar refractivity (Wildman–Crippen MR) is 131 cm³/mol. The third kappa shape index (κ3) is 8.79. The second kappa shape index (κ2) is 13.7. The van der Waals surface area contributed by atoms with E-state index in [2.05, 4.69) is 50.8 Å². The third-order valence-corrected chi connectivity index (χ3v) is 5.21. The lowest BCUT2D eigenvalue weighted by Gasteiger charge is -2.29. The summed E-state index contributed by atoms with van der Waals surface area (Å²) in [6.45, 7) is 9.62. The molecule has 2 atom stereocenters. The molecule has 5 N–H and O–H groups in total. The topological polar surface area (TPSA) is 139 Å². The van der Waals surface area contributed by atoms with Crippen molar-refractivity contribution in [1.82, 2.24) is 4.90 Å². The van der Waals surface area contributed by atoms with Crippen LogP contribution in [0.15, 0.2) is 54.6 Å². The van der Waals surface area contributed by atoms with E-state index in [-0.39, 0.29) is 5.75 Å². The first-order valence-electron chi connectivity index (χ1n) is 10.7. The molecule has 186 valence electrons. The van der Waals surface area contributed by atoms with Crippen LogP contribution in [0.25, 0.3) is 5.57 Å². The Balaban J connectivity index is 0.000000489. The Morgan fingerprint density at radius 3 is 1.85 bits per heavy atom. The van der Waals surface area contributed by atoms with E-state index in [9.17, 15) is 14.7 Å². The van der Waals surface area contributed by atoms with Gasteiger partial charge in [-0.05, 0) is 57.0 Å². The summed E-state index contributed by atoms with van der Waals surface area (Å²) in [6.07, 6.45) is -2.35. The first-order chi connectivity index (χ1) is 15.9. The summed E-state index contributed by atoms with van der Waals surface area (Å²) in [5.41, 5.74) is 2.84. The van der Waals surface area contributed by atoms with Crippen LogP contribution in [-0.4, -0.2) is 73.2 Å². The van der Waals surface area contributed by atoms with E-state index in [0.29, 0.717) is 17.1 Å². The van der Waals surface area contributed by atoms with Gasteiger partial charge in [0.05, 0.1) is 0 Å². The minimum Gasteiger partial charge on any atom is -0.507 e. The van der Waals surface area contributed by atoms with Crippen molar-refractivity contribution in [3.8, 4) is 5.75 Å². The Labute approximate surface area is 204 Å². The Bertz CT molecular complexity index is 950. The van der Waals surface area contributed by atoms with Crippen LogP contribution >= 0.6 is 11.6 Å². The van der Waals surface area contributed by atoms with Crippen molar-refractivity contribution >= 4 is 29.1 Å². The maximum atomic E-state index is 10.3. The minimum atomic E-state index is -2.27. The van der Waals surface area contributed by atoms with Crippen LogP contribution in [0, 0.1) is 0 Å². The number of halogens is 1. The van der Waals surface area contributed by atoms with Gasteiger partial charge in [0, 0.05) is 29.2 Å². The van der Waals surface area contributed by atoms with Gasteiger partial charge in [-0.2, -0.15) is 0 Å². The van der Waals surface area contributed by atoms with Gasteiger partial charge in [-0.25, -0.2) is 9.59 Å². The number of phenols is 1. The average molecular weight is 494 g/mol. The Kier molecular flexibility index (Phi) is 11.7. The fourth-order valence-corrected chi connectivity index (χ4v) is 3.38. The first kappa shape index (κ1) is 29.1. The van der Waals surface area contributed by atoms with Gasteiger partial charge in [0.15, 0.2) is 12.2 Å². The molecular formula is C25H32ClNO7. The second-order valence-corrected chi connectivity index (χ2v) is 8.53. The third-order valence-electron chi connectivity index (χ3n) is 4.97. The molecule has 0 heterocycles. The quantitative estimate of drug-likeness (QED) is 0.358. The number of nitrogens with zero attached hydrogens (tertiary/aromatic N) is 1. The summed E-state index contributed by atoms with van der Waals surface area (Å²) in [7, 11) is 0. The van der Waals surface area contributed by atoms with Gasteiger partial charge < -0.3 is 25.5 Å². The van der Waals surface area contributed by atoms with Crippen molar-refractivity contribution in [2.45, 2.75) is 52.0 Å². The van der Waals surface area contributed by atoms with E-state index in [4.69, 9.17) is 32.0 Å². The number of carboxylic acids is 2. The molecule has 2 unspecified atom stereocenters. The number of carbonyl (C=O) groups is 2. The van der Waals surface area contributed by atoms with Crippen LogP contribution in [0.1, 0.15) is 38.8 Å². The summed E-state index contributed by atoms with van der Waals surface area (Å²) in [6, 6.07) is 16.2. The number of hydrogen-bond acceptors (Lipinski definition) is 6. The van der Waals surface area contributed by atoms with Crippen LogP contribution in [0.5, 0.6) is 5.75 Å². The normalized spacial score (nSPS) is 13.4. The largest absolute Gasteiger partial charge is 0.507 e. The predicted octanol–water partition coefficient (Wildman–Crippen LogP) is 3.47. The van der Waals surface area contributed by atoms with Crippen LogP contribution in [-0.2, 0) is 9.59 Å². The number of rotatable bonds is 9. The molecule has 0 bridgehead atoms. The number of aliphatic carboxylic acids is 2. The molecule has 0 spiro atoms. The summed E-state index contributed by atoms with van der Waals surface area (Å²) >= 11 is 6.16. The highest BCUT2D eigenvalue weighted by Gasteiger charge is 2.29. The molecule has 0 fully saturated rings. The molecular weight excluding hydrogens is 462 g/mol. The van der Waals surface area contributed by atoms with Crippen molar-refractivity contribution in [1.29, 1.82) is 0 Å². The van der Waals surface area contributed by atoms with Gasteiger partial charge in [0.2, 0.25) is 0 Å². The lowest BCUT2D eigenvalue weighted by Crippen LogP contribution is -2.39. The fraction of sp³-hybridized carbons (Fsp3) is 0.360. The van der Waals surface area contributed by atoms with Gasteiger partial charge in [0.1, 0.15) is 5.75 Å². The van der Waals surface area contributed by atoms with E-state index >= 15 is 0 Å². The van der Waals surface area contributed by atoms with E-state index in [1.807, 2.05) is 24.3 Å². The van der Waals surface area contributed by atoms with Crippen LogP contribution in [0.4, 0.5) is 0 Å². The second-order valence-electron chi connectivity index (χ2n) is 8.10. The fourth-order valence-electron chi connectivity index (χ4n) is 3.21. The molecule has 0 aliphatic rings. The molecule has 0 radical (unpaired) electrons. The molecule has 2 aromatic rings. The molecule has 8 nitrogen and oxygen atoms in total. The zero-order chi connectivity index (χ0) is 26.0. The summed E-state index contributed by atoms with van der Waals surface area (Å²) in [5, 5.41) is 43.5. The summed E-state index contributed by atoms with van der Waals surface area (Å²) in [4.78, 5) is 22.0. The van der Waals surface area contributed by atoms with Crippen LogP contribution in [0.3, 0.4) is 0 Å². The standard InChI is InChI=1S/C21H26ClNO.C4H6O6/c1-15(2)23(16(3)4)13-12-19(17-8-6-5-7-9-17)20-14-18(22)10-11-21(20)24;5-1(3(7)8)2(6)4(9)10/h5-12,14-16,24H,13H2,1-4H3;1-2,5-6H,(H,7,8)(H,9,10). The zero-order valence-electron chi connectivity index (χ0n) is 19.6. The van der Waals surface area contributed by atoms with Gasteiger partial charge >= 0.3 is 11.9 Å². The number of aliphatic hydroxyl groups is 2. The van der Waals surface area contributed by atoms with E-state index < -0.39 is 24.1 Å². The molecule has 34 heavy (non-hydrogen) atoms. The Morgan fingerprint density at radius 2 is 1.41 bits per heavy atom. The highest BCUT2D eigenvalue weighted by atomic mass is 35.5. The number of hydrogen-bond donors (Lipinski definition) is 5.